The Labute approximate surface area is 210 Å². The zero-order valence-electron chi connectivity index (χ0n) is 18.0. The number of ether oxygens (including phenoxy) is 1. The molecule has 3 N–H and O–H groups in total. The Bertz CT molecular complexity index is 1300. The average molecular weight is 564 g/mol. The molecule has 2 aromatic heterocycles. The summed E-state index contributed by atoms with van der Waals surface area (Å²) in [5, 5.41) is 9.24. The molecule has 0 saturated heterocycles. The number of hydrogen-bond donors (Lipinski definition) is 3. The van der Waals surface area contributed by atoms with Gasteiger partial charge in [-0.05, 0) is 77.2 Å². The van der Waals surface area contributed by atoms with E-state index in [0.29, 0.717) is 23.9 Å². The quantitative estimate of drug-likeness (QED) is 0.178. The third-order valence-electron chi connectivity index (χ3n) is 4.56. The van der Waals surface area contributed by atoms with Gasteiger partial charge in [-0.1, -0.05) is 18.7 Å². The number of halogens is 1. The van der Waals surface area contributed by atoms with Crippen LogP contribution >= 0.6 is 22.6 Å². The SMILES string of the molecule is C=CC(=O)Nc1cccc(Nc2cc(Nc3ccc(OCc4ccccn4)c(I)c3)ncn2)c1. The van der Waals surface area contributed by atoms with Gasteiger partial charge in [0.2, 0.25) is 5.91 Å². The van der Waals surface area contributed by atoms with Crippen LogP contribution < -0.4 is 20.7 Å². The second kappa shape index (κ2) is 11.2. The van der Waals surface area contributed by atoms with E-state index in [-0.39, 0.29) is 5.91 Å². The molecule has 0 aliphatic rings. The zero-order chi connectivity index (χ0) is 23.8. The van der Waals surface area contributed by atoms with E-state index in [9.17, 15) is 4.79 Å². The standard InChI is InChI=1S/C25H21IN6O2/c1-2-25(33)32-18-8-5-7-17(12-18)30-23-14-24(29-16-28-23)31-19-9-10-22(21(26)13-19)34-15-20-6-3-4-11-27-20/h2-14,16H,1,15H2,(H,32,33)(H2,28,29,30,31). The van der Waals surface area contributed by atoms with Gasteiger partial charge in [0, 0.05) is 29.3 Å². The number of nitrogens with one attached hydrogen (secondary N) is 3. The summed E-state index contributed by atoms with van der Waals surface area (Å²) < 4.78 is 6.85. The van der Waals surface area contributed by atoms with Crippen LogP contribution in [0.15, 0.2) is 91.9 Å². The third kappa shape index (κ3) is 6.51. The van der Waals surface area contributed by atoms with E-state index in [1.54, 1.807) is 18.3 Å². The fraction of sp³-hybridized carbons (Fsp3) is 0.0400. The van der Waals surface area contributed by atoms with Crippen molar-refractivity contribution in [3.63, 3.8) is 0 Å². The van der Waals surface area contributed by atoms with Crippen LogP contribution in [0.5, 0.6) is 5.75 Å². The van der Waals surface area contributed by atoms with E-state index in [2.05, 4.69) is 60.1 Å². The van der Waals surface area contributed by atoms with Crippen molar-refractivity contribution in [3.8, 4) is 5.75 Å². The van der Waals surface area contributed by atoms with E-state index in [1.807, 2.05) is 54.6 Å². The van der Waals surface area contributed by atoms with Gasteiger partial charge in [0.1, 0.15) is 30.3 Å². The summed E-state index contributed by atoms with van der Waals surface area (Å²) >= 11 is 2.24. The summed E-state index contributed by atoms with van der Waals surface area (Å²) in [4.78, 5) is 24.4. The number of amides is 1. The molecule has 2 heterocycles. The highest BCUT2D eigenvalue weighted by Gasteiger charge is 2.06. The van der Waals surface area contributed by atoms with E-state index < -0.39 is 0 Å². The molecule has 0 fully saturated rings. The lowest BCUT2D eigenvalue weighted by atomic mass is 10.2. The molecule has 1 amide bonds. The maximum atomic E-state index is 11.5. The van der Waals surface area contributed by atoms with E-state index in [4.69, 9.17) is 4.74 Å². The van der Waals surface area contributed by atoms with Crippen molar-refractivity contribution in [1.82, 2.24) is 15.0 Å². The second-order valence-corrected chi connectivity index (χ2v) is 8.23. The lowest BCUT2D eigenvalue weighted by molar-refractivity contribution is -0.111. The predicted molar refractivity (Wildman–Crippen MR) is 142 cm³/mol. The summed E-state index contributed by atoms with van der Waals surface area (Å²) in [6, 6.07) is 20.7. The van der Waals surface area contributed by atoms with E-state index in [1.165, 1.54) is 12.4 Å². The first kappa shape index (κ1) is 23.2. The lowest BCUT2D eigenvalue weighted by Gasteiger charge is -2.12. The average Bonchev–Trinajstić information content (AvgIpc) is 2.84. The number of carbonyl (C=O) groups is 1. The van der Waals surface area contributed by atoms with Crippen LogP contribution in [0.2, 0.25) is 0 Å². The highest BCUT2D eigenvalue weighted by molar-refractivity contribution is 14.1. The Morgan fingerprint density at radius 2 is 1.68 bits per heavy atom. The Morgan fingerprint density at radius 1 is 0.912 bits per heavy atom. The number of rotatable bonds is 9. The molecule has 9 heteroatoms. The Hall–Kier alpha value is -3.99. The first-order valence-electron chi connectivity index (χ1n) is 10.3. The zero-order valence-corrected chi connectivity index (χ0v) is 20.2. The Balaban J connectivity index is 1.40. The van der Waals surface area contributed by atoms with Gasteiger partial charge in [-0.15, -0.1) is 0 Å². The lowest BCUT2D eigenvalue weighted by Crippen LogP contribution is -2.07. The molecule has 4 aromatic rings. The van der Waals surface area contributed by atoms with Gasteiger partial charge >= 0.3 is 0 Å². The van der Waals surface area contributed by atoms with Gasteiger partial charge in [-0.25, -0.2) is 9.97 Å². The third-order valence-corrected chi connectivity index (χ3v) is 5.40. The molecule has 0 bridgehead atoms. The van der Waals surface area contributed by atoms with Crippen molar-refractivity contribution in [1.29, 1.82) is 0 Å². The number of carbonyl (C=O) groups excluding carboxylic acids is 1. The maximum absolute atomic E-state index is 11.5. The van der Waals surface area contributed by atoms with Crippen molar-refractivity contribution in [2.24, 2.45) is 0 Å². The molecule has 0 aliphatic heterocycles. The highest BCUT2D eigenvalue weighted by atomic mass is 127. The largest absolute Gasteiger partial charge is 0.486 e. The smallest absolute Gasteiger partial charge is 0.247 e. The minimum Gasteiger partial charge on any atom is -0.486 e. The van der Waals surface area contributed by atoms with Gasteiger partial charge in [0.25, 0.3) is 0 Å². The first-order chi connectivity index (χ1) is 16.6. The van der Waals surface area contributed by atoms with Crippen LogP contribution in [0.4, 0.5) is 28.7 Å². The number of benzene rings is 2. The van der Waals surface area contributed by atoms with Crippen LogP contribution in [0.1, 0.15) is 5.69 Å². The van der Waals surface area contributed by atoms with Crippen molar-refractivity contribution in [3.05, 3.63) is 101 Å². The molecule has 0 radical (unpaired) electrons. The summed E-state index contributed by atoms with van der Waals surface area (Å²) in [5.41, 5.74) is 3.17. The highest BCUT2D eigenvalue weighted by Crippen LogP contribution is 2.27. The summed E-state index contributed by atoms with van der Waals surface area (Å²) in [6.07, 6.45) is 4.45. The topological polar surface area (TPSA) is 101 Å². The number of nitrogens with zero attached hydrogens (tertiary/aromatic N) is 3. The summed E-state index contributed by atoms with van der Waals surface area (Å²) in [5.74, 6) is 1.75. The van der Waals surface area contributed by atoms with Gasteiger partial charge in [-0.3, -0.25) is 9.78 Å². The van der Waals surface area contributed by atoms with Crippen LogP contribution in [0.25, 0.3) is 0 Å². The van der Waals surface area contributed by atoms with Crippen LogP contribution in [-0.4, -0.2) is 20.9 Å². The number of hydrogen-bond acceptors (Lipinski definition) is 7. The minimum absolute atomic E-state index is 0.270. The molecular weight excluding hydrogens is 543 g/mol. The molecule has 0 atom stereocenters. The second-order valence-electron chi connectivity index (χ2n) is 7.07. The van der Waals surface area contributed by atoms with Crippen LogP contribution in [0, 0.1) is 3.57 Å². The van der Waals surface area contributed by atoms with Crippen LogP contribution in [0.3, 0.4) is 0 Å². The van der Waals surface area contributed by atoms with Gasteiger partial charge in [0.05, 0.1) is 9.26 Å². The van der Waals surface area contributed by atoms with Crippen molar-refractivity contribution >= 4 is 57.2 Å². The molecule has 0 saturated carbocycles. The molecule has 8 nitrogen and oxygen atoms in total. The van der Waals surface area contributed by atoms with Gasteiger partial charge in [0.15, 0.2) is 0 Å². The van der Waals surface area contributed by atoms with E-state index >= 15 is 0 Å². The number of anilines is 5. The van der Waals surface area contributed by atoms with Gasteiger partial charge in [-0.2, -0.15) is 0 Å². The predicted octanol–water partition coefficient (Wildman–Crippen LogP) is 5.67. The molecule has 34 heavy (non-hydrogen) atoms. The molecule has 170 valence electrons. The molecule has 4 rings (SSSR count). The normalized spacial score (nSPS) is 10.3. The Morgan fingerprint density at radius 3 is 2.38 bits per heavy atom. The number of pyridine rings is 1. The Kier molecular flexibility index (Phi) is 7.66. The minimum atomic E-state index is -0.270. The molecule has 2 aromatic carbocycles. The fourth-order valence-electron chi connectivity index (χ4n) is 2.99. The first-order valence-corrected chi connectivity index (χ1v) is 11.4. The number of aromatic nitrogens is 3. The molecule has 0 aliphatic carbocycles. The van der Waals surface area contributed by atoms with Crippen LogP contribution in [-0.2, 0) is 11.4 Å². The van der Waals surface area contributed by atoms with Crippen molar-refractivity contribution < 1.29 is 9.53 Å². The maximum Gasteiger partial charge on any atom is 0.247 e. The summed E-state index contributed by atoms with van der Waals surface area (Å²) in [6.45, 7) is 3.87. The molecular formula is C25H21IN6O2. The molecule has 0 unspecified atom stereocenters. The van der Waals surface area contributed by atoms with Crippen molar-refractivity contribution in [2.45, 2.75) is 6.61 Å². The fourth-order valence-corrected chi connectivity index (χ4v) is 3.66. The summed E-state index contributed by atoms with van der Waals surface area (Å²) in [7, 11) is 0. The van der Waals surface area contributed by atoms with E-state index in [0.717, 1.165) is 26.4 Å². The van der Waals surface area contributed by atoms with Gasteiger partial charge < -0.3 is 20.7 Å². The molecule has 0 spiro atoms. The van der Waals surface area contributed by atoms with Crippen molar-refractivity contribution in [2.75, 3.05) is 16.0 Å². The monoisotopic (exact) mass is 564 g/mol.